The summed E-state index contributed by atoms with van der Waals surface area (Å²) in [6, 6.07) is 15.9. The van der Waals surface area contributed by atoms with Crippen LogP contribution in [0.25, 0.3) is 0 Å². The first-order chi connectivity index (χ1) is 21.9. The quantitative estimate of drug-likeness (QED) is 0.321. The van der Waals surface area contributed by atoms with E-state index in [4.69, 9.17) is 9.47 Å². The van der Waals surface area contributed by atoms with Gasteiger partial charge in [-0.05, 0) is 74.6 Å². The minimum Gasteiger partial charge on any atom is -0.508 e. The number of hydrogen-bond acceptors (Lipinski definition) is 8. The Morgan fingerprint density at radius 3 is 2.37 bits per heavy atom. The van der Waals surface area contributed by atoms with Gasteiger partial charge in [0.15, 0.2) is 17.6 Å². The van der Waals surface area contributed by atoms with E-state index in [-0.39, 0.29) is 29.5 Å². The summed E-state index contributed by atoms with van der Waals surface area (Å²) in [7, 11) is 3.16. The number of thioether (sulfide) groups is 1. The molecule has 1 fully saturated rings. The van der Waals surface area contributed by atoms with E-state index in [9.17, 15) is 24.6 Å². The number of fused-ring (bicyclic) bond motifs is 1. The van der Waals surface area contributed by atoms with Gasteiger partial charge in [0, 0.05) is 29.0 Å². The van der Waals surface area contributed by atoms with E-state index >= 15 is 0 Å². The summed E-state index contributed by atoms with van der Waals surface area (Å²) in [5.41, 5.74) is 3.47. The van der Waals surface area contributed by atoms with Crippen LogP contribution >= 0.6 is 11.8 Å². The second-order valence-electron chi connectivity index (χ2n) is 12.2. The van der Waals surface area contributed by atoms with Gasteiger partial charge >= 0.3 is 0 Å². The predicted octanol–water partition coefficient (Wildman–Crippen LogP) is 3.68. The molecule has 11 heteroatoms. The van der Waals surface area contributed by atoms with Gasteiger partial charge in [0.05, 0.1) is 26.1 Å². The van der Waals surface area contributed by atoms with Crippen LogP contribution in [-0.4, -0.2) is 87.3 Å². The van der Waals surface area contributed by atoms with Gasteiger partial charge in [-0.2, -0.15) is 0 Å². The number of aliphatic hydroxyl groups is 1. The number of carbonyl (C=O) groups excluding carboxylic acids is 3. The van der Waals surface area contributed by atoms with E-state index in [1.165, 1.54) is 22.7 Å². The Hall–Kier alpha value is -4.22. The van der Waals surface area contributed by atoms with Crippen molar-refractivity contribution in [3.8, 4) is 17.2 Å². The third-order valence-electron chi connectivity index (χ3n) is 8.89. The minimum absolute atomic E-state index is 0.0283. The highest BCUT2D eigenvalue weighted by atomic mass is 32.2. The molecule has 244 valence electrons. The van der Waals surface area contributed by atoms with E-state index in [1.807, 2.05) is 56.3 Å². The number of rotatable bonds is 9. The normalized spacial score (nSPS) is 18.3. The number of amides is 3. The molecule has 2 aliphatic rings. The van der Waals surface area contributed by atoms with Crippen molar-refractivity contribution in [1.29, 1.82) is 0 Å². The number of phenolic OH excluding ortho intramolecular Hbond substituents is 1. The van der Waals surface area contributed by atoms with Gasteiger partial charge in [-0.3, -0.25) is 14.4 Å². The van der Waals surface area contributed by atoms with Gasteiger partial charge in [0.2, 0.25) is 5.91 Å². The van der Waals surface area contributed by atoms with Crippen LogP contribution in [0.5, 0.6) is 17.2 Å². The number of methoxy groups -OCH3 is 2. The second kappa shape index (κ2) is 13.6. The molecule has 3 amide bonds. The van der Waals surface area contributed by atoms with Gasteiger partial charge in [-0.1, -0.05) is 36.4 Å². The lowest BCUT2D eigenvalue weighted by Gasteiger charge is -2.38. The summed E-state index contributed by atoms with van der Waals surface area (Å²) in [4.78, 5) is 44.9. The number of benzene rings is 3. The van der Waals surface area contributed by atoms with Gasteiger partial charge in [-0.15, -0.1) is 11.8 Å². The summed E-state index contributed by atoms with van der Waals surface area (Å²) in [5.74, 6) is 0.0515. The zero-order valence-electron chi connectivity index (χ0n) is 26.8. The highest BCUT2D eigenvalue weighted by molar-refractivity contribution is 8.00. The number of nitrogens with zero attached hydrogens (tertiary/aromatic N) is 2. The van der Waals surface area contributed by atoms with Crippen LogP contribution < -0.4 is 14.8 Å². The lowest BCUT2D eigenvalue weighted by atomic mass is 9.94. The summed E-state index contributed by atoms with van der Waals surface area (Å²) < 4.78 is 10.3. The predicted molar refractivity (Wildman–Crippen MR) is 176 cm³/mol. The first-order valence-electron chi connectivity index (χ1n) is 15.2. The molecule has 3 N–H and O–H groups in total. The molecular weight excluding hydrogens is 606 g/mol. The van der Waals surface area contributed by atoms with Crippen molar-refractivity contribution >= 4 is 29.5 Å². The molecule has 1 saturated heterocycles. The van der Waals surface area contributed by atoms with Crippen molar-refractivity contribution in [3.63, 3.8) is 0 Å². The third-order valence-corrected chi connectivity index (χ3v) is 10.3. The molecule has 0 aromatic heterocycles. The fourth-order valence-corrected chi connectivity index (χ4v) is 7.33. The van der Waals surface area contributed by atoms with Gasteiger partial charge < -0.3 is 34.8 Å². The molecule has 0 saturated carbocycles. The second-order valence-corrected chi connectivity index (χ2v) is 13.8. The minimum atomic E-state index is -1.63. The van der Waals surface area contributed by atoms with Crippen LogP contribution in [0.4, 0.5) is 0 Å². The average molecular weight is 648 g/mol. The van der Waals surface area contributed by atoms with E-state index in [0.29, 0.717) is 36.6 Å². The third kappa shape index (κ3) is 6.66. The van der Waals surface area contributed by atoms with Crippen molar-refractivity contribution in [1.82, 2.24) is 15.1 Å². The summed E-state index contributed by atoms with van der Waals surface area (Å²) >= 11 is 1.48. The van der Waals surface area contributed by atoms with Crippen LogP contribution in [0.15, 0.2) is 60.7 Å². The Kier molecular flexibility index (Phi) is 9.83. The van der Waals surface area contributed by atoms with Gasteiger partial charge in [-0.25, -0.2) is 0 Å². The van der Waals surface area contributed by atoms with Gasteiger partial charge in [0.1, 0.15) is 11.8 Å². The van der Waals surface area contributed by atoms with Crippen molar-refractivity contribution in [3.05, 3.63) is 88.5 Å². The number of hydrogen-bond donors (Lipinski definition) is 3. The molecule has 5 rings (SSSR count). The number of nitrogens with one attached hydrogen (secondary N) is 1. The number of aliphatic hydroxyl groups excluding tert-OH is 1. The largest absolute Gasteiger partial charge is 0.508 e. The first kappa shape index (κ1) is 33.2. The smallest absolute Gasteiger partial charge is 0.254 e. The SMILES string of the molecule is COc1cc2c(cc1OC)CN(C(=O)[C@H]1N(C(=O)[C@@H](O)[C@H](Cc3ccccc3)NC(=O)c3cccc(O)c3C)CSC1(C)C)CC2. The van der Waals surface area contributed by atoms with Crippen LogP contribution in [0.3, 0.4) is 0 Å². The molecule has 2 heterocycles. The molecule has 0 spiro atoms. The van der Waals surface area contributed by atoms with Crippen molar-refractivity contribution in [2.24, 2.45) is 0 Å². The molecule has 10 nitrogen and oxygen atoms in total. The van der Waals surface area contributed by atoms with Crippen molar-refractivity contribution in [2.75, 3.05) is 26.6 Å². The average Bonchev–Trinajstić information content (AvgIpc) is 3.38. The number of ether oxygens (including phenoxy) is 2. The Morgan fingerprint density at radius 1 is 1.02 bits per heavy atom. The van der Waals surface area contributed by atoms with Crippen molar-refractivity contribution < 1.29 is 34.1 Å². The molecule has 3 aromatic rings. The number of phenols is 1. The molecule has 2 aliphatic heterocycles. The monoisotopic (exact) mass is 647 g/mol. The number of carbonyl (C=O) groups is 3. The summed E-state index contributed by atoms with van der Waals surface area (Å²) in [6.07, 6.45) is -0.836. The Bertz CT molecular complexity index is 1610. The Labute approximate surface area is 273 Å². The van der Waals surface area contributed by atoms with E-state index in [0.717, 1.165) is 16.7 Å². The number of aromatic hydroxyl groups is 1. The summed E-state index contributed by atoms with van der Waals surface area (Å²) in [6.45, 7) is 6.31. The zero-order valence-corrected chi connectivity index (χ0v) is 27.6. The van der Waals surface area contributed by atoms with E-state index in [1.54, 1.807) is 38.2 Å². The van der Waals surface area contributed by atoms with Crippen LogP contribution in [0.2, 0.25) is 0 Å². The van der Waals surface area contributed by atoms with Crippen LogP contribution in [-0.2, 0) is 29.0 Å². The fourth-order valence-electron chi connectivity index (χ4n) is 6.20. The standard InChI is InChI=1S/C35H41N3O7S/c1-21-25(12-9-13-27(21)39)32(41)36-26(16-22-10-7-6-8-11-22)30(40)33(42)38-20-46-35(2,3)31(38)34(43)37-15-14-23-17-28(44-4)29(45-5)18-24(23)19-37/h6-13,17-18,26,30-31,39-40H,14-16,19-20H2,1-5H3,(H,36,41)/t26-,30-,31+/m0/s1. The van der Waals surface area contributed by atoms with E-state index in [2.05, 4.69) is 5.32 Å². The molecule has 0 bridgehead atoms. The lowest BCUT2D eigenvalue weighted by molar-refractivity contribution is -0.151. The maximum atomic E-state index is 14.2. The molecule has 3 atom stereocenters. The lowest BCUT2D eigenvalue weighted by Crippen LogP contribution is -2.59. The topological polar surface area (TPSA) is 129 Å². The zero-order chi connectivity index (χ0) is 33.2. The maximum absolute atomic E-state index is 14.2. The Balaban J connectivity index is 1.39. The maximum Gasteiger partial charge on any atom is 0.254 e. The van der Waals surface area contributed by atoms with Gasteiger partial charge in [0.25, 0.3) is 11.8 Å². The molecular formula is C35H41N3O7S. The highest BCUT2D eigenvalue weighted by Crippen LogP contribution is 2.41. The van der Waals surface area contributed by atoms with Crippen LogP contribution in [0.1, 0.15) is 46.5 Å². The van der Waals surface area contributed by atoms with Crippen molar-refractivity contribution in [2.45, 2.75) is 63.1 Å². The Morgan fingerprint density at radius 2 is 1.70 bits per heavy atom. The molecule has 3 aromatic carbocycles. The molecule has 0 aliphatic carbocycles. The van der Waals surface area contributed by atoms with E-state index < -0.39 is 34.7 Å². The summed E-state index contributed by atoms with van der Waals surface area (Å²) in [5, 5.41) is 24.6. The van der Waals surface area contributed by atoms with Crippen LogP contribution in [0, 0.1) is 6.92 Å². The molecule has 0 unspecified atom stereocenters. The fraction of sp³-hybridized carbons (Fsp3) is 0.400. The highest BCUT2D eigenvalue weighted by Gasteiger charge is 2.51. The first-order valence-corrected chi connectivity index (χ1v) is 16.2. The molecule has 0 radical (unpaired) electrons. The molecule has 46 heavy (non-hydrogen) atoms.